The molecule has 6 nitrogen and oxygen atoms in total. The fourth-order valence-corrected chi connectivity index (χ4v) is 6.18. The predicted molar refractivity (Wildman–Crippen MR) is 228 cm³/mol. The maximum atomic E-state index is 12.2. The first-order chi connectivity index (χ1) is 27.4. The van der Waals surface area contributed by atoms with E-state index in [4.69, 9.17) is 14.2 Å². The minimum atomic E-state index is -0.325. The van der Waals surface area contributed by atoms with E-state index in [1.165, 1.54) is 31.2 Å². The van der Waals surface area contributed by atoms with Crippen LogP contribution in [-0.2, 0) is 0 Å². The van der Waals surface area contributed by atoms with Crippen LogP contribution in [0.15, 0.2) is 146 Å². The van der Waals surface area contributed by atoms with Crippen molar-refractivity contribution in [3.8, 4) is 17.2 Å². The monoisotopic (exact) mass is 760 g/mol. The molecule has 0 atom stereocenters. The molecular formula is C51H52O6. The van der Waals surface area contributed by atoms with Crippen LogP contribution < -0.4 is 14.2 Å². The molecule has 6 heteroatoms. The van der Waals surface area contributed by atoms with Crippen molar-refractivity contribution in [2.24, 2.45) is 5.92 Å². The Bertz CT molecular complexity index is 2080. The largest absolute Gasteiger partial charge is 0.423 e. The maximum absolute atomic E-state index is 12.2. The van der Waals surface area contributed by atoms with Crippen LogP contribution in [0.25, 0.3) is 0 Å². The van der Waals surface area contributed by atoms with Crippen molar-refractivity contribution in [1.29, 1.82) is 0 Å². The van der Waals surface area contributed by atoms with Crippen LogP contribution in [0.4, 0.5) is 0 Å². The van der Waals surface area contributed by atoms with Crippen molar-refractivity contribution < 1.29 is 28.6 Å². The van der Waals surface area contributed by atoms with Gasteiger partial charge in [0, 0.05) is 0 Å². The molecule has 0 bridgehead atoms. The van der Waals surface area contributed by atoms with Crippen LogP contribution in [0.5, 0.6) is 17.2 Å². The zero-order chi connectivity index (χ0) is 40.7. The standard InChI is InChI=1S/C21H24O2.2C15H14O2/c1-15-3-7-17(8-4-15)18-9-11-19(12-10-18)21(22)23-20-13-5-16(2)6-14-20;2*1-11-3-7-13(8-4-11)15(16)17-14-9-5-12(2)6-10-14/h5-6,9-15,17H,3-4,7-8H2,1-2H3;2*3-10H,1-2H3. The smallest absolute Gasteiger partial charge is 0.343 e. The quantitative estimate of drug-likeness (QED) is 0.119. The fraction of sp³-hybridized carbons (Fsp3) is 0.235. The molecule has 7 rings (SSSR count). The van der Waals surface area contributed by atoms with Gasteiger partial charge in [-0.15, -0.1) is 0 Å². The Labute approximate surface area is 337 Å². The summed E-state index contributed by atoms with van der Waals surface area (Å²) in [6.45, 7) is 12.3. The second-order valence-electron chi connectivity index (χ2n) is 14.9. The Morgan fingerprint density at radius 3 is 0.895 bits per heavy atom. The molecule has 0 saturated heterocycles. The van der Waals surface area contributed by atoms with E-state index in [-0.39, 0.29) is 17.9 Å². The number of hydrogen-bond donors (Lipinski definition) is 0. The summed E-state index contributed by atoms with van der Waals surface area (Å²) in [5, 5.41) is 0. The van der Waals surface area contributed by atoms with Gasteiger partial charge in [-0.25, -0.2) is 14.4 Å². The summed E-state index contributed by atoms with van der Waals surface area (Å²) < 4.78 is 15.9. The van der Waals surface area contributed by atoms with Gasteiger partial charge in [-0.1, -0.05) is 120 Å². The Morgan fingerprint density at radius 2 is 0.614 bits per heavy atom. The Kier molecular flexibility index (Phi) is 15.1. The van der Waals surface area contributed by atoms with Gasteiger partial charge in [-0.3, -0.25) is 0 Å². The molecule has 0 aromatic heterocycles. The lowest BCUT2D eigenvalue weighted by Gasteiger charge is -2.26. The zero-order valence-electron chi connectivity index (χ0n) is 33.8. The lowest BCUT2D eigenvalue weighted by Crippen LogP contribution is -2.12. The van der Waals surface area contributed by atoms with Crippen molar-refractivity contribution in [3.63, 3.8) is 0 Å². The summed E-state index contributed by atoms with van der Waals surface area (Å²) in [5.74, 6) is 2.29. The van der Waals surface area contributed by atoms with Crippen molar-refractivity contribution >= 4 is 17.9 Å². The molecule has 0 N–H and O–H groups in total. The molecular weight excluding hydrogens is 709 g/mol. The van der Waals surface area contributed by atoms with Gasteiger partial charge in [0.25, 0.3) is 0 Å². The number of ether oxygens (including phenoxy) is 3. The third kappa shape index (κ3) is 13.5. The molecule has 1 fully saturated rings. The molecule has 6 aromatic rings. The number of carbonyl (C=O) groups is 3. The van der Waals surface area contributed by atoms with E-state index in [2.05, 4.69) is 19.1 Å². The molecule has 57 heavy (non-hydrogen) atoms. The number of carbonyl (C=O) groups excluding carboxylic acids is 3. The lowest BCUT2D eigenvalue weighted by molar-refractivity contribution is 0.0725. The number of esters is 3. The average molecular weight is 761 g/mol. The second-order valence-corrected chi connectivity index (χ2v) is 14.9. The number of aryl methyl sites for hydroxylation is 5. The highest BCUT2D eigenvalue weighted by Crippen LogP contribution is 2.35. The summed E-state index contributed by atoms with van der Waals surface area (Å²) in [7, 11) is 0. The van der Waals surface area contributed by atoms with Crippen LogP contribution >= 0.6 is 0 Å². The van der Waals surface area contributed by atoms with Gasteiger partial charge in [0.15, 0.2) is 0 Å². The van der Waals surface area contributed by atoms with Gasteiger partial charge >= 0.3 is 17.9 Å². The van der Waals surface area contributed by atoms with E-state index in [0.29, 0.717) is 39.9 Å². The summed E-state index contributed by atoms with van der Waals surface area (Å²) in [6, 6.07) is 45.0. The SMILES string of the molecule is Cc1ccc(OC(=O)c2ccc(C)cc2)cc1.Cc1ccc(OC(=O)c2ccc(C)cc2)cc1.Cc1ccc(OC(=O)c2ccc(C3CCC(C)CC3)cc2)cc1. The van der Waals surface area contributed by atoms with Gasteiger partial charge in [0.2, 0.25) is 0 Å². The summed E-state index contributed by atoms with van der Waals surface area (Å²) in [5.41, 5.74) is 8.76. The topological polar surface area (TPSA) is 78.9 Å². The Morgan fingerprint density at radius 1 is 0.368 bits per heavy atom. The van der Waals surface area contributed by atoms with Crippen molar-refractivity contribution in [1.82, 2.24) is 0 Å². The van der Waals surface area contributed by atoms with Gasteiger partial charge in [-0.05, 0) is 138 Å². The van der Waals surface area contributed by atoms with Gasteiger partial charge in [-0.2, -0.15) is 0 Å². The fourth-order valence-electron chi connectivity index (χ4n) is 6.18. The van der Waals surface area contributed by atoms with Crippen molar-refractivity contribution in [3.05, 3.63) is 196 Å². The molecule has 0 spiro atoms. The third-order valence-electron chi connectivity index (χ3n) is 9.90. The van der Waals surface area contributed by atoms with E-state index in [1.807, 2.05) is 120 Å². The summed E-state index contributed by atoms with van der Waals surface area (Å²) >= 11 is 0. The van der Waals surface area contributed by atoms with E-state index in [0.717, 1.165) is 33.7 Å². The van der Waals surface area contributed by atoms with E-state index >= 15 is 0 Å². The minimum absolute atomic E-state index is 0.294. The highest BCUT2D eigenvalue weighted by atomic mass is 16.5. The second kappa shape index (κ2) is 20.6. The van der Waals surface area contributed by atoms with Gasteiger partial charge in [0.1, 0.15) is 17.2 Å². The van der Waals surface area contributed by atoms with Gasteiger partial charge < -0.3 is 14.2 Å². The normalized spacial score (nSPS) is 14.4. The molecule has 1 aliphatic carbocycles. The first kappa shape index (κ1) is 41.9. The molecule has 0 amide bonds. The molecule has 6 aromatic carbocycles. The van der Waals surface area contributed by atoms with E-state index in [9.17, 15) is 14.4 Å². The minimum Gasteiger partial charge on any atom is -0.423 e. The lowest BCUT2D eigenvalue weighted by atomic mass is 9.79. The van der Waals surface area contributed by atoms with Crippen LogP contribution in [0.1, 0.15) is 103 Å². The molecule has 0 aliphatic heterocycles. The van der Waals surface area contributed by atoms with Crippen LogP contribution in [0.3, 0.4) is 0 Å². The van der Waals surface area contributed by atoms with Crippen molar-refractivity contribution in [2.75, 3.05) is 0 Å². The molecule has 0 heterocycles. The van der Waals surface area contributed by atoms with Crippen LogP contribution in [0, 0.1) is 40.5 Å². The Balaban J connectivity index is 0.000000166. The van der Waals surface area contributed by atoms with Gasteiger partial charge in [0.05, 0.1) is 16.7 Å². The third-order valence-corrected chi connectivity index (χ3v) is 9.90. The molecule has 1 saturated carbocycles. The van der Waals surface area contributed by atoms with E-state index < -0.39 is 0 Å². The molecule has 1 aliphatic rings. The van der Waals surface area contributed by atoms with Crippen molar-refractivity contribution in [2.45, 2.75) is 73.1 Å². The summed E-state index contributed by atoms with van der Waals surface area (Å²) in [4.78, 5) is 35.8. The number of benzene rings is 6. The summed E-state index contributed by atoms with van der Waals surface area (Å²) in [6.07, 6.45) is 5.13. The molecule has 0 unspecified atom stereocenters. The molecule has 292 valence electrons. The maximum Gasteiger partial charge on any atom is 0.343 e. The van der Waals surface area contributed by atoms with E-state index in [1.54, 1.807) is 48.5 Å². The molecule has 0 radical (unpaired) electrons. The number of hydrogen-bond acceptors (Lipinski definition) is 6. The Hall–Kier alpha value is -6.27. The number of rotatable bonds is 7. The predicted octanol–water partition coefficient (Wildman–Crippen LogP) is 12.6. The highest BCUT2D eigenvalue weighted by Gasteiger charge is 2.20. The first-order valence-electron chi connectivity index (χ1n) is 19.5. The highest BCUT2D eigenvalue weighted by molar-refractivity contribution is 5.92. The average Bonchev–Trinajstić information content (AvgIpc) is 3.22. The van der Waals surface area contributed by atoms with Crippen LogP contribution in [0.2, 0.25) is 0 Å². The van der Waals surface area contributed by atoms with Crippen LogP contribution in [-0.4, -0.2) is 17.9 Å². The first-order valence-corrected chi connectivity index (χ1v) is 19.5. The zero-order valence-corrected chi connectivity index (χ0v) is 33.8.